The van der Waals surface area contributed by atoms with Crippen LogP contribution in [0.3, 0.4) is 0 Å². The second kappa shape index (κ2) is 9.20. The van der Waals surface area contributed by atoms with Crippen LogP contribution >= 0.6 is 12.4 Å². The van der Waals surface area contributed by atoms with Crippen molar-refractivity contribution in [1.29, 1.82) is 0 Å². The SMILES string of the molecule is Cl.N[C@@H]1CN(CCC(=O)Nc2cccc3ccccc23)C[C@H]1c1ccccc1. The maximum absolute atomic E-state index is 12.5. The predicted octanol–water partition coefficient (Wildman–Crippen LogP) is 4.02. The molecule has 0 aromatic heterocycles. The topological polar surface area (TPSA) is 58.4 Å². The van der Waals surface area contributed by atoms with E-state index in [1.807, 2.05) is 36.4 Å². The van der Waals surface area contributed by atoms with Gasteiger partial charge in [0.05, 0.1) is 0 Å². The monoisotopic (exact) mass is 395 g/mol. The molecule has 0 saturated carbocycles. The van der Waals surface area contributed by atoms with Gasteiger partial charge < -0.3 is 16.0 Å². The fourth-order valence-electron chi connectivity index (χ4n) is 3.96. The number of likely N-dealkylation sites (tertiary alicyclic amines) is 1. The van der Waals surface area contributed by atoms with Gasteiger partial charge in [-0.25, -0.2) is 0 Å². The molecule has 28 heavy (non-hydrogen) atoms. The molecule has 146 valence electrons. The number of nitrogens with two attached hydrogens (primary N) is 1. The molecule has 1 heterocycles. The summed E-state index contributed by atoms with van der Waals surface area (Å²) in [4.78, 5) is 14.8. The Morgan fingerprint density at radius 1 is 0.964 bits per heavy atom. The zero-order valence-electron chi connectivity index (χ0n) is 15.8. The molecule has 1 saturated heterocycles. The molecule has 3 aromatic rings. The van der Waals surface area contributed by atoms with Crippen molar-refractivity contribution in [3.63, 3.8) is 0 Å². The maximum Gasteiger partial charge on any atom is 0.225 e. The van der Waals surface area contributed by atoms with Gasteiger partial charge in [0.25, 0.3) is 0 Å². The summed E-state index contributed by atoms with van der Waals surface area (Å²) in [7, 11) is 0. The number of nitrogens with one attached hydrogen (secondary N) is 1. The first-order chi connectivity index (χ1) is 13.2. The van der Waals surface area contributed by atoms with Crippen molar-refractivity contribution in [2.24, 2.45) is 5.73 Å². The van der Waals surface area contributed by atoms with Gasteiger partial charge in [-0.1, -0.05) is 66.7 Å². The van der Waals surface area contributed by atoms with Crippen molar-refractivity contribution in [1.82, 2.24) is 4.90 Å². The standard InChI is InChI=1S/C23H25N3O.ClH/c24-21-16-26(15-20(21)18-7-2-1-3-8-18)14-13-23(27)25-22-12-6-10-17-9-4-5-11-19(17)22;/h1-12,20-21H,13-16,24H2,(H,25,27);1H/t20-,21+;/m0./s1. The molecule has 5 heteroatoms. The average Bonchev–Trinajstić information content (AvgIpc) is 3.08. The lowest BCUT2D eigenvalue weighted by molar-refractivity contribution is -0.116. The highest BCUT2D eigenvalue weighted by molar-refractivity contribution is 6.02. The van der Waals surface area contributed by atoms with E-state index in [0.717, 1.165) is 36.1 Å². The van der Waals surface area contributed by atoms with Gasteiger partial charge in [-0.15, -0.1) is 12.4 Å². The number of carbonyl (C=O) groups excluding carboxylic acids is 1. The third kappa shape index (κ3) is 4.53. The summed E-state index contributed by atoms with van der Waals surface area (Å²) >= 11 is 0. The summed E-state index contributed by atoms with van der Waals surface area (Å²) in [5, 5.41) is 5.27. The van der Waals surface area contributed by atoms with Crippen LogP contribution in [0.15, 0.2) is 72.8 Å². The highest BCUT2D eigenvalue weighted by Gasteiger charge is 2.31. The molecular formula is C23H26ClN3O. The first-order valence-electron chi connectivity index (χ1n) is 9.51. The van der Waals surface area contributed by atoms with Crippen LogP contribution in [0.2, 0.25) is 0 Å². The van der Waals surface area contributed by atoms with Crippen LogP contribution in [-0.2, 0) is 4.79 Å². The summed E-state index contributed by atoms with van der Waals surface area (Å²) in [6.45, 7) is 2.47. The molecule has 1 fully saturated rings. The van der Waals surface area contributed by atoms with E-state index in [0.29, 0.717) is 12.3 Å². The Labute approximate surface area is 172 Å². The van der Waals surface area contributed by atoms with Crippen molar-refractivity contribution in [2.45, 2.75) is 18.4 Å². The van der Waals surface area contributed by atoms with E-state index in [1.54, 1.807) is 0 Å². The van der Waals surface area contributed by atoms with E-state index in [-0.39, 0.29) is 24.4 Å². The van der Waals surface area contributed by atoms with Gasteiger partial charge in [0.15, 0.2) is 0 Å². The van der Waals surface area contributed by atoms with E-state index >= 15 is 0 Å². The zero-order chi connectivity index (χ0) is 18.6. The smallest absolute Gasteiger partial charge is 0.225 e. The number of hydrogen-bond acceptors (Lipinski definition) is 3. The van der Waals surface area contributed by atoms with Gasteiger partial charge in [-0.3, -0.25) is 4.79 Å². The second-order valence-electron chi connectivity index (χ2n) is 7.27. The van der Waals surface area contributed by atoms with Crippen LogP contribution in [0.1, 0.15) is 17.9 Å². The number of benzene rings is 3. The van der Waals surface area contributed by atoms with E-state index in [2.05, 4.69) is 46.6 Å². The van der Waals surface area contributed by atoms with Crippen LogP contribution in [0.4, 0.5) is 5.69 Å². The molecule has 2 atom stereocenters. The van der Waals surface area contributed by atoms with Gasteiger partial charge in [0.2, 0.25) is 5.91 Å². The summed E-state index contributed by atoms with van der Waals surface area (Å²) in [6.07, 6.45) is 0.470. The van der Waals surface area contributed by atoms with Crippen molar-refractivity contribution in [2.75, 3.05) is 25.0 Å². The van der Waals surface area contributed by atoms with E-state index in [9.17, 15) is 4.79 Å². The number of anilines is 1. The summed E-state index contributed by atoms with van der Waals surface area (Å²) in [6, 6.07) is 24.6. The van der Waals surface area contributed by atoms with Crippen molar-refractivity contribution >= 4 is 34.8 Å². The number of hydrogen-bond donors (Lipinski definition) is 2. The zero-order valence-corrected chi connectivity index (χ0v) is 16.6. The van der Waals surface area contributed by atoms with Gasteiger partial charge >= 0.3 is 0 Å². The summed E-state index contributed by atoms with van der Waals surface area (Å²) in [5.41, 5.74) is 8.51. The molecule has 1 aliphatic heterocycles. The Hall–Kier alpha value is -2.40. The molecule has 0 aliphatic carbocycles. The van der Waals surface area contributed by atoms with Gasteiger partial charge in [0.1, 0.15) is 0 Å². The molecule has 0 unspecified atom stereocenters. The summed E-state index contributed by atoms with van der Waals surface area (Å²) in [5.74, 6) is 0.385. The number of carbonyl (C=O) groups is 1. The number of fused-ring (bicyclic) bond motifs is 1. The Balaban J connectivity index is 0.00000225. The summed E-state index contributed by atoms with van der Waals surface area (Å²) < 4.78 is 0. The number of nitrogens with zero attached hydrogens (tertiary/aromatic N) is 1. The second-order valence-corrected chi connectivity index (χ2v) is 7.27. The number of rotatable bonds is 5. The third-order valence-corrected chi connectivity index (χ3v) is 5.39. The molecule has 0 spiro atoms. The minimum atomic E-state index is 0. The van der Waals surface area contributed by atoms with Crippen LogP contribution in [0.5, 0.6) is 0 Å². The Bertz CT molecular complexity index is 926. The van der Waals surface area contributed by atoms with Crippen LogP contribution in [0.25, 0.3) is 10.8 Å². The molecule has 1 amide bonds. The Morgan fingerprint density at radius 3 is 2.50 bits per heavy atom. The van der Waals surface area contributed by atoms with E-state index in [1.165, 1.54) is 5.56 Å². The number of amides is 1. The molecule has 4 rings (SSSR count). The van der Waals surface area contributed by atoms with Crippen molar-refractivity contribution in [3.8, 4) is 0 Å². The molecule has 0 radical (unpaired) electrons. The molecule has 1 aliphatic rings. The van der Waals surface area contributed by atoms with Crippen LogP contribution in [-0.4, -0.2) is 36.5 Å². The molecular weight excluding hydrogens is 370 g/mol. The minimum Gasteiger partial charge on any atom is -0.326 e. The lowest BCUT2D eigenvalue weighted by atomic mass is 9.95. The highest BCUT2D eigenvalue weighted by Crippen LogP contribution is 2.27. The number of halogens is 1. The normalized spacial score (nSPS) is 19.3. The van der Waals surface area contributed by atoms with Crippen molar-refractivity contribution < 1.29 is 4.79 Å². The fourth-order valence-corrected chi connectivity index (χ4v) is 3.96. The average molecular weight is 396 g/mol. The largest absolute Gasteiger partial charge is 0.326 e. The van der Waals surface area contributed by atoms with Gasteiger partial charge in [-0.05, 0) is 17.0 Å². The minimum absolute atomic E-state index is 0. The fraction of sp³-hybridized carbons (Fsp3) is 0.261. The Kier molecular flexibility index (Phi) is 6.68. The Morgan fingerprint density at radius 2 is 1.68 bits per heavy atom. The van der Waals surface area contributed by atoms with Gasteiger partial charge in [-0.2, -0.15) is 0 Å². The maximum atomic E-state index is 12.5. The quantitative estimate of drug-likeness (QED) is 0.686. The molecule has 4 nitrogen and oxygen atoms in total. The predicted molar refractivity (Wildman–Crippen MR) is 118 cm³/mol. The van der Waals surface area contributed by atoms with Gasteiger partial charge in [0, 0.05) is 49.1 Å². The first-order valence-corrected chi connectivity index (χ1v) is 9.51. The van der Waals surface area contributed by atoms with Crippen LogP contribution < -0.4 is 11.1 Å². The lowest BCUT2D eigenvalue weighted by Gasteiger charge is -2.16. The third-order valence-electron chi connectivity index (χ3n) is 5.39. The van der Waals surface area contributed by atoms with Crippen molar-refractivity contribution in [3.05, 3.63) is 78.4 Å². The molecule has 3 N–H and O–H groups in total. The molecule has 0 bridgehead atoms. The highest BCUT2D eigenvalue weighted by atomic mass is 35.5. The first kappa shape index (κ1) is 20.3. The lowest BCUT2D eigenvalue weighted by Crippen LogP contribution is -2.30. The van der Waals surface area contributed by atoms with Crippen LogP contribution in [0, 0.1) is 0 Å². The molecule has 3 aromatic carbocycles. The van der Waals surface area contributed by atoms with E-state index in [4.69, 9.17) is 5.73 Å². The van der Waals surface area contributed by atoms with E-state index < -0.39 is 0 Å².